The van der Waals surface area contributed by atoms with E-state index in [0.717, 1.165) is 70.6 Å². The standard InChI is InChI=1S/C43H81O10P/c1-3-5-7-9-11-13-15-17-19-21-23-25-27-29-31-33-35-43(47)53-41(37-45)39-51-54(48,49)50-38-40(36-44)52-42(46)34-32-30-28-26-24-22-20-18-16-14-12-10-8-6-4-2/h18-21,40-41,44-45H,3-17,22-39H2,1-2H3,(H,48,49)/b20-18-,21-19-. The van der Waals surface area contributed by atoms with Gasteiger partial charge in [-0.15, -0.1) is 0 Å². The molecular weight excluding hydrogens is 707 g/mol. The summed E-state index contributed by atoms with van der Waals surface area (Å²) in [4.78, 5) is 34.5. The Kier molecular flexibility index (Phi) is 38.5. The molecule has 0 amide bonds. The van der Waals surface area contributed by atoms with Gasteiger partial charge in [0.1, 0.15) is 12.2 Å². The van der Waals surface area contributed by atoms with Crippen LogP contribution in [0.1, 0.15) is 200 Å². The van der Waals surface area contributed by atoms with Gasteiger partial charge in [-0.05, 0) is 64.2 Å². The Labute approximate surface area is 329 Å². The molecule has 0 aromatic rings. The minimum absolute atomic E-state index is 0.183. The molecule has 3 atom stereocenters. The summed E-state index contributed by atoms with van der Waals surface area (Å²) in [6, 6.07) is 0. The minimum atomic E-state index is -4.64. The molecule has 0 aromatic heterocycles. The number of aliphatic hydroxyl groups excluding tert-OH is 2. The zero-order valence-corrected chi connectivity index (χ0v) is 35.3. The van der Waals surface area contributed by atoms with E-state index in [0.29, 0.717) is 12.8 Å². The molecule has 0 aliphatic rings. The highest BCUT2D eigenvalue weighted by atomic mass is 31.2. The van der Waals surface area contributed by atoms with Gasteiger partial charge in [-0.1, -0.05) is 147 Å². The summed E-state index contributed by atoms with van der Waals surface area (Å²) in [6.07, 6.45) is 38.6. The molecule has 11 heteroatoms. The van der Waals surface area contributed by atoms with Gasteiger partial charge in [0.25, 0.3) is 0 Å². The van der Waals surface area contributed by atoms with Crippen LogP contribution in [0.5, 0.6) is 0 Å². The van der Waals surface area contributed by atoms with Crippen LogP contribution >= 0.6 is 7.82 Å². The number of carbonyl (C=O) groups is 2. The molecule has 0 rings (SSSR count). The lowest BCUT2D eigenvalue weighted by Crippen LogP contribution is -2.28. The fourth-order valence-corrected chi connectivity index (χ4v) is 6.77. The molecule has 0 fully saturated rings. The van der Waals surface area contributed by atoms with Crippen molar-refractivity contribution in [3.05, 3.63) is 24.3 Å². The van der Waals surface area contributed by atoms with E-state index in [1.165, 1.54) is 89.9 Å². The summed E-state index contributed by atoms with van der Waals surface area (Å²) in [5.41, 5.74) is 0. The first-order chi connectivity index (χ1) is 26.3. The van der Waals surface area contributed by atoms with Crippen LogP contribution in [0, 0.1) is 0 Å². The normalized spacial score (nSPS) is 14.1. The molecule has 0 spiro atoms. The number of aliphatic hydroxyl groups is 2. The van der Waals surface area contributed by atoms with E-state index in [4.69, 9.17) is 18.5 Å². The van der Waals surface area contributed by atoms with E-state index in [1.807, 2.05) is 0 Å². The Morgan fingerprint density at radius 2 is 0.759 bits per heavy atom. The number of hydrogen-bond acceptors (Lipinski definition) is 9. The number of allylic oxidation sites excluding steroid dienone is 4. The van der Waals surface area contributed by atoms with Crippen molar-refractivity contribution in [3.63, 3.8) is 0 Å². The molecule has 0 saturated carbocycles. The van der Waals surface area contributed by atoms with Gasteiger partial charge in [0, 0.05) is 12.8 Å². The summed E-state index contributed by atoms with van der Waals surface area (Å²) in [5.74, 6) is -1.03. The molecule has 54 heavy (non-hydrogen) atoms. The maximum absolute atomic E-state index is 12.4. The quantitative estimate of drug-likeness (QED) is 0.0236. The predicted molar refractivity (Wildman–Crippen MR) is 219 cm³/mol. The van der Waals surface area contributed by atoms with Crippen molar-refractivity contribution in [3.8, 4) is 0 Å². The highest BCUT2D eigenvalue weighted by Gasteiger charge is 2.27. The van der Waals surface area contributed by atoms with Crippen molar-refractivity contribution in [1.29, 1.82) is 0 Å². The Balaban J connectivity index is 3.94. The van der Waals surface area contributed by atoms with Gasteiger partial charge in [-0.25, -0.2) is 4.57 Å². The maximum Gasteiger partial charge on any atom is 0.472 e. The third kappa shape index (κ3) is 37.4. The number of rotatable bonds is 41. The van der Waals surface area contributed by atoms with Gasteiger partial charge in [-0.2, -0.15) is 0 Å². The number of esters is 2. The highest BCUT2D eigenvalue weighted by Crippen LogP contribution is 2.43. The number of unbranched alkanes of at least 4 members (excludes halogenated alkanes) is 23. The van der Waals surface area contributed by atoms with E-state index in [-0.39, 0.29) is 12.8 Å². The third-order valence-corrected chi connectivity index (χ3v) is 10.3. The average Bonchev–Trinajstić information content (AvgIpc) is 3.16. The molecular formula is C43H81O10P. The lowest BCUT2D eigenvalue weighted by atomic mass is 10.1. The second-order valence-electron chi connectivity index (χ2n) is 14.7. The van der Waals surface area contributed by atoms with Crippen LogP contribution in [0.4, 0.5) is 0 Å². The molecule has 0 bridgehead atoms. The number of hydrogen-bond donors (Lipinski definition) is 3. The first-order valence-electron chi connectivity index (χ1n) is 21.8. The Morgan fingerprint density at radius 3 is 1.06 bits per heavy atom. The van der Waals surface area contributed by atoms with Crippen molar-refractivity contribution in [2.75, 3.05) is 26.4 Å². The number of phosphoric ester groups is 1. The monoisotopic (exact) mass is 789 g/mol. The molecule has 3 N–H and O–H groups in total. The first kappa shape index (κ1) is 52.5. The number of ether oxygens (including phenoxy) is 2. The first-order valence-corrected chi connectivity index (χ1v) is 23.3. The zero-order valence-electron chi connectivity index (χ0n) is 34.4. The van der Waals surface area contributed by atoms with Crippen LogP contribution in [-0.4, -0.2) is 65.7 Å². The van der Waals surface area contributed by atoms with Crippen molar-refractivity contribution < 1.29 is 47.8 Å². The molecule has 0 aliphatic heterocycles. The van der Waals surface area contributed by atoms with Crippen LogP contribution in [-0.2, 0) is 32.7 Å². The van der Waals surface area contributed by atoms with Gasteiger partial charge < -0.3 is 24.6 Å². The van der Waals surface area contributed by atoms with Crippen molar-refractivity contribution in [2.24, 2.45) is 0 Å². The lowest BCUT2D eigenvalue weighted by Gasteiger charge is -2.20. The second-order valence-corrected chi connectivity index (χ2v) is 16.1. The van der Waals surface area contributed by atoms with Crippen LogP contribution in [0.25, 0.3) is 0 Å². The fourth-order valence-electron chi connectivity index (χ4n) is 5.99. The van der Waals surface area contributed by atoms with Gasteiger partial charge >= 0.3 is 19.8 Å². The molecule has 3 unspecified atom stereocenters. The Morgan fingerprint density at radius 1 is 0.481 bits per heavy atom. The Bertz CT molecular complexity index is 957. The summed E-state index contributed by atoms with van der Waals surface area (Å²) >= 11 is 0. The van der Waals surface area contributed by atoms with Gasteiger partial charge in [0.05, 0.1) is 26.4 Å². The van der Waals surface area contributed by atoms with Gasteiger partial charge in [-0.3, -0.25) is 18.6 Å². The molecule has 0 radical (unpaired) electrons. The smallest absolute Gasteiger partial charge is 0.457 e. The zero-order chi connectivity index (χ0) is 39.8. The van der Waals surface area contributed by atoms with Crippen LogP contribution in [0.15, 0.2) is 24.3 Å². The molecule has 10 nitrogen and oxygen atoms in total. The Hall–Kier alpha value is -1.55. The largest absolute Gasteiger partial charge is 0.472 e. The third-order valence-electron chi connectivity index (χ3n) is 9.39. The van der Waals surface area contributed by atoms with Crippen molar-refractivity contribution in [2.45, 2.75) is 212 Å². The van der Waals surface area contributed by atoms with Crippen LogP contribution in [0.2, 0.25) is 0 Å². The average molecular weight is 789 g/mol. The van der Waals surface area contributed by atoms with E-state index < -0.39 is 58.4 Å². The van der Waals surface area contributed by atoms with E-state index in [9.17, 15) is 29.3 Å². The summed E-state index contributed by atoms with van der Waals surface area (Å²) in [5, 5.41) is 19.1. The van der Waals surface area contributed by atoms with E-state index in [1.54, 1.807) is 0 Å². The number of phosphoric acid groups is 1. The van der Waals surface area contributed by atoms with E-state index in [2.05, 4.69) is 38.2 Å². The number of carbonyl (C=O) groups excluding carboxylic acids is 2. The second kappa shape index (κ2) is 39.7. The predicted octanol–water partition coefficient (Wildman–Crippen LogP) is 11.4. The molecule has 0 saturated heterocycles. The highest BCUT2D eigenvalue weighted by molar-refractivity contribution is 7.47. The van der Waals surface area contributed by atoms with E-state index >= 15 is 0 Å². The summed E-state index contributed by atoms with van der Waals surface area (Å²) in [6.45, 7) is 2.19. The molecule has 0 aromatic carbocycles. The van der Waals surface area contributed by atoms with Crippen LogP contribution in [0.3, 0.4) is 0 Å². The molecule has 0 aliphatic carbocycles. The van der Waals surface area contributed by atoms with Crippen molar-refractivity contribution in [1.82, 2.24) is 0 Å². The SMILES string of the molecule is CCCCCCCC/C=C\CCCCCCCC(=O)OC(CO)COP(=O)(O)OCC(CO)OC(=O)CCCCCCC/C=C\CCCCCCCCC. The molecule has 318 valence electrons. The van der Waals surface area contributed by atoms with Gasteiger partial charge in [0.15, 0.2) is 0 Å². The molecule has 0 heterocycles. The lowest BCUT2D eigenvalue weighted by molar-refractivity contribution is -0.153. The minimum Gasteiger partial charge on any atom is -0.457 e. The maximum atomic E-state index is 12.4. The summed E-state index contributed by atoms with van der Waals surface area (Å²) in [7, 11) is -4.64. The van der Waals surface area contributed by atoms with Gasteiger partial charge in [0.2, 0.25) is 0 Å². The van der Waals surface area contributed by atoms with Crippen molar-refractivity contribution >= 4 is 19.8 Å². The topological polar surface area (TPSA) is 149 Å². The fraction of sp³-hybridized carbons (Fsp3) is 0.860. The van der Waals surface area contributed by atoms with Crippen LogP contribution < -0.4 is 0 Å². The summed E-state index contributed by atoms with van der Waals surface area (Å²) < 4.78 is 32.5.